The van der Waals surface area contributed by atoms with Crippen LogP contribution in [0.25, 0.3) is 0 Å². The van der Waals surface area contributed by atoms with Crippen molar-refractivity contribution in [1.82, 2.24) is 4.90 Å². The molecular formula is C20H23ClN2O2. The van der Waals surface area contributed by atoms with Gasteiger partial charge >= 0.3 is 0 Å². The second kappa shape index (κ2) is 8.37. The summed E-state index contributed by atoms with van der Waals surface area (Å²) in [7, 11) is 1.61. The second-order valence-corrected chi connectivity index (χ2v) is 6.81. The van der Waals surface area contributed by atoms with E-state index in [2.05, 4.69) is 16.3 Å². The average molecular weight is 359 g/mol. The van der Waals surface area contributed by atoms with Crippen molar-refractivity contribution in [1.29, 1.82) is 0 Å². The normalized spacial score (nSPS) is 15.8. The molecule has 1 saturated heterocycles. The van der Waals surface area contributed by atoms with E-state index in [1.165, 1.54) is 5.56 Å². The number of hydrogen-bond donors (Lipinski definition) is 1. The zero-order valence-electron chi connectivity index (χ0n) is 14.4. The molecule has 0 aromatic heterocycles. The number of benzene rings is 2. The summed E-state index contributed by atoms with van der Waals surface area (Å²) in [5, 5.41) is 3.77. The lowest BCUT2D eigenvalue weighted by molar-refractivity contribution is -0.121. The number of nitrogens with one attached hydrogen (secondary N) is 1. The Morgan fingerprint density at radius 2 is 1.96 bits per heavy atom. The lowest BCUT2D eigenvalue weighted by atomic mass is 9.95. The van der Waals surface area contributed by atoms with Crippen LogP contribution in [-0.2, 0) is 11.3 Å². The van der Waals surface area contributed by atoms with Crippen LogP contribution in [0.3, 0.4) is 0 Å². The SMILES string of the molecule is COc1ccccc1NC(=O)C1CCN(Cc2cccc(Cl)c2)CC1. The maximum atomic E-state index is 12.5. The summed E-state index contributed by atoms with van der Waals surface area (Å²) >= 11 is 6.05. The van der Waals surface area contributed by atoms with Gasteiger partial charge in [0.05, 0.1) is 12.8 Å². The molecule has 2 aromatic carbocycles. The molecule has 1 amide bonds. The van der Waals surface area contributed by atoms with Crippen LogP contribution < -0.4 is 10.1 Å². The molecule has 0 aliphatic carbocycles. The van der Waals surface area contributed by atoms with E-state index in [4.69, 9.17) is 16.3 Å². The Balaban J connectivity index is 1.52. The molecule has 1 N–H and O–H groups in total. The fraction of sp³-hybridized carbons (Fsp3) is 0.350. The molecule has 132 valence electrons. The van der Waals surface area contributed by atoms with E-state index in [0.29, 0.717) is 5.75 Å². The molecule has 1 aliphatic rings. The van der Waals surface area contributed by atoms with E-state index in [-0.39, 0.29) is 11.8 Å². The Hall–Kier alpha value is -2.04. The van der Waals surface area contributed by atoms with Crippen molar-refractivity contribution in [2.45, 2.75) is 19.4 Å². The molecule has 0 spiro atoms. The summed E-state index contributed by atoms with van der Waals surface area (Å²) in [5.74, 6) is 0.807. The third-order valence-electron chi connectivity index (χ3n) is 4.62. The highest BCUT2D eigenvalue weighted by molar-refractivity contribution is 6.30. The molecule has 25 heavy (non-hydrogen) atoms. The summed E-state index contributed by atoms with van der Waals surface area (Å²) in [6.07, 6.45) is 1.73. The van der Waals surface area contributed by atoms with E-state index >= 15 is 0 Å². The van der Waals surface area contributed by atoms with Crippen molar-refractivity contribution < 1.29 is 9.53 Å². The Labute approximate surface area is 153 Å². The Morgan fingerprint density at radius 3 is 2.68 bits per heavy atom. The number of carbonyl (C=O) groups excluding carboxylic acids is 1. The van der Waals surface area contributed by atoms with E-state index in [9.17, 15) is 4.79 Å². The van der Waals surface area contributed by atoms with E-state index in [1.807, 2.05) is 42.5 Å². The third-order valence-corrected chi connectivity index (χ3v) is 4.85. The Bertz CT molecular complexity index is 727. The number of rotatable bonds is 5. The Kier molecular flexibility index (Phi) is 5.95. The van der Waals surface area contributed by atoms with Gasteiger partial charge in [-0.15, -0.1) is 0 Å². The minimum Gasteiger partial charge on any atom is -0.495 e. The van der Waals surface area contributed by atoms with Crippen molar-refractivity contribution in [2.75, 3.05) is 25.5 Å². The van der Waals surface area contributed by atoms with Crippen molar-refractivity contribution in [3.8, 4) is 5.75 Å². The zero-order chi connectivity index (χ0) is 17.6. The Morgan fingerprint density at radius 1 is 1.20 bits per heavy atom. The van der Waals surface area contributed by atoms with Gasteiger partial charge in [-0.1, -0.05) is 35.9 Å². The number of para-hydroxylation sites is 2. The number of nitrogens with zero attached hydrogens (tertiary/aromatic N) is 1. The standard InChI is InChI=1S/C20H23ClN2O2/c1-25-19-8-3-2-7-18(19)22-20(24)16-9-11-23(12-10-16)14-15-5-4-6-17(21)13-15/h2-8,13,16H,9-12,14H2,1H3,(H,22,24). The lowest BCUT2D eigenvalue weighted by Gasteiger charge is -2.31. The van der Waals surface area contributed by atoms with Crippen molar-refractivity contribution >= 4 is 23.2 Å². The fourth-order valence-electron chi connectivity index (χ4n) is 3.23. The number of hydrogen-bond acceptors (Lipinski definition) is 3. The number of ether oxygens (including phenoxy) is 1. The topological polar surface area (TPSA) is 41.6 Å². The van der Waals surface area contributed by atoms with Crippen molar-refractivity contribution in [3.63, 3.8) is 0 Å². The summed E-state index contributed by atoms with van der Waals surface area (Å²) in [6.45, 7) is 2.70. The first kappa shape index (κ1) is 17.8. The van der Waals surface area contributed by atoms with Gasteiger partial charge < -0.3 is 10.1 Å². The summed E-state index contributed by atoms with van der Waals surface area (Å²) in [6, 6.07) is 15.5. The number of anilines is 1. The summed E-state index contributed by atoms with van der Waals surface area (Å²) in [5.41, 5.74) is 1.95. The van der Waals surface area contributed by atoms with Crippen LogP contribution in [-0.4, -0.2) is 31.0 Å². The van der Waals surface area contributed by atoms with Crippen LogP contribution in [0.2, 0.25) is 5.02 Å². The fourth-order valence-corrected chi connectivity index (χ4v) is 3.44. The number of carbonyl (C=O) groups is 1. The maximum Gasteiger partial charge on any atom is 0.227 e. The van der Waals surface area contributed by atoms with Gasteiger partial charge in [-0.3, -0.25) is 9.69 Å². The molecule has 0 bridgehead atoms. The smallest absolute Gasteiger partial charge is 0.227 e. The van der Waals surface area contributed by atoms with E-state index in [1.54, 1.807) is 7.11 Å². The minimum atomic E-state index is 0.0422. The van der Waals surface area contributed by atoms with Crippen LogP contribution in [0.5, 0.6) is 5.75 Å². The number of piperidine rings is 1. The van der Waals surface area contributed by atoms with Gasteiger partial charge in [-0.2, -0.15) is 0 Å². The molecule has 0 atom stereocenters. The van der Waals surface area contributed by atoms with Gasteiger partial charge in [0, 0.05) is 17.5 Å². The lowest BCUT2D eigenvalue weighted by Crippen LogP contribution is -2.37. The van der Waals surface area contributed by atoms with Gasteiger partial charge in [0.2, 0.25) is 5.91 Å². The zero-order valence-corrected chi connectivity index (χ0v) is 15.1. The average Bonchev–Trinajstić information content (AvgIpc) is 2.63. The molecule has 1 fully saturated rings. The molecule has 0 unspecified atom stereocenters. The first-order valence-electron chi connectivity index (χ1n) is 8.56. The van der Waals surface area contributed by atoms with Crippen LogP contribution in [0.15, 0.2) is 48.5 Å². The number of likely N-dealkylation sites (tertiary alicyclic amines) is 1. The maximum absolute atomic E-state index is 12.5. The quantitative estimate of drug-likeness (QED) is 0.870. The second-order valence-electron chi connectivity index (χ2n) is 6.37. The predicted octanol–water partition coefficient (Wildman–Crippen LogP) is 4.20. The first-order valence-corrected chi connectivity index (χ1v) is 8.94. The summed E-state index contributed by atoms with van der Waals surface area (Å²) < 4.78 is 5.29. The van der Waals surface area contributed by atoms with E-state index < -0.39 is 0 Å². The summed E-state index contributed by atoms with van der Waals surface area (Å²) in [4.78, 5) is 14.9. The number of amides is 1. The minimum absolute atomic E-state index is 0.0422. The highest BCUT2D eigenvalue weighted by atomic mass is 35.5. The largest absolute Gasteiger partial charge is 0.495 e. The molecule has 3 rings (SSSR count). The van der Waals surface area contributed by atoms with Gasteiger partial charge in [0.15, 0.2) is 0 Å². The van der Waals surface area contributed by atoms with Crippen LogP contribution in [0.4, 0.5) is 5.69 Å². The highest BCUT2D eigenvalue weighted by Gasteiger charge is 2.25. The van der Waals surface area contributed by atoms with Crippen LogP contribution >= 0.6 is 11.6 Å². The van der Waals surface area contributed by atoms with Crippen molar-refractivity contribution in [2.24, 2.45) is 5.92 Å². The van der Waals surface area contributed by atoms with E-state index in [0.717, 1.165) is 43.2 Å². The van der Waals surface area contributed by atoms with Crippen LogP contribution in [0.1, 0.15) is 18.4 Å². The van der Waals surface area contributed by atoms with Gasteiger partial charge in [-0.25, -0.2) is 0 Å². The number of halogens is 1. The predicted molar refractivity (Wildman–Crippen MR) is 101 cm³/mol. The molecule has 2 aromatic rings. The van der Waals surface area contributed by atoms with Gasteiger partial charge in [0.1, 0.15) is 5.75 Å². The molecule has 0 saturated carbocycles. The molecule has 1 aliphatic heterocycles. The number of methoxy groups -OCH3 is 1. The molecule has 4 nitrogen and oxygen atoms in total. The molecule has 0 radical (unpaired) electrons. The monoisotopic (exact) mass is 358 g/mol. The van der Waals surface area contributed by atoms with Crippen molar-refractivity contribution in [3.05, 3.63) is 59.1 Å². The molecule has 5 heteroatoms. The van der Waals surface area contributed by atoms with Gasteiger partial charge in [-0.05, 0) is 55.8 Å². The molecule has 1 heterocycles. The molecular weight excluding hydrogens is 336 g/mol. The first-order chi connectivity index (χ1) is 12.2. The third kappa shape index (κ3) is 4.74. The van der Waals surface area contributed by atoms with Gasteiger partial charge in [0.25, 0.3) is 0 Å². The highest BCUT2D eigenvalue weighted by Crippen LogP contribution is 2.26. The van der Waals surface area contributed by atoms with Crippen LogP contribution in [0, 0.1) is 5.92 Å².